The molecule has 1 unspecified atom stereocenters. The molecule has 80 heavy (non-hydrogen) atoms. The molecule has 454 valence electrons. The lowest BCUT2D eigenvalue weighted by Gasteiger charge is -2.18. The van der Waals surface area contributed by atoms with Crippen LogP contribution in [0.25, 0.3) is 0 Å². The fourth-order valence-corrected chi connectivity index (χ4v) is 9.01. The monoisotopic (exact) mass is 1110 g/mol. The molecule has 0 fully saturated rings. The van der Waals surface area contributed by atoms with Gasteiger partial charge in [-0.3, -0.25) is 14.4 Å². The van der Waals surface area contributed by atoms with Gasteiger partial charge in [0.25, 0.3) is 0 Å². The van der Waals surface area contributed by atoms with Gasteiger partial charge in [-0.2, -0.15) is 0 Å². The number of allylic oxidation sites excluding steroid dienone is 22. The SMILES string of the molecule is CC/C=C\C/C=C\C/C=C\C/C=C\C/C=C\C/C=C\CCCCCCCCCCC(=O)OCC(COC(=O)CCC/C=C\C/C=C\C/C=C\C/C=C\C/C=C\CC)OC(=O)CCCCCCCCCCCCCCCCCCCC. The van der Waals surface area contributed by atoms with Gasteiger partial charge in [-0.05, 0) is 109 Å². The molecule has 0 bridgehead atoms. The summed E-state index contributed by atoms with van der Waals surface area (Å²) in [7, 11) is 0. The quantitative estimate of drug-likeness (QED) is 0.0261. The third-order valence-corrected chi connectivity index (χ3v) is 13.9. The van der Waals surface area contributed by atoms with E-state index in [0.717, 1.165) is 122 Å². The van der Waals surface area contributed by atoms with Crippen LogP contribution in [0.3, 0.4) is 0 Å². The molecule has 0 aliphatic rings. The molecule has 0 aliphatic heterocycles. The van der Waals surface area contributed by atoms with Crippen molar-refractivity contribution in [1.29, 1.82) is 0 Å². The second-order valence-corrected chi connectivity index (χ2v) is 21.6. The Morgan fingerprint density at radius 2 is 0.500 bits per heavy atom. The lowest BCUT2D eigenvalue weighted by atomic mass is 10.0. The third kappa shape index (κ3) is 64.4. The number of carbonyl (C=O) groups excluding carboxylic acids is 3. The highest BCUT2D eigenvalue weighted by molar-refractivity contribution is 5.71. The van der Waals surface area contributed by atoms with Crippen LogP contribution in [-0.2, 0) is 28.6 Å². The first-order chi connectivity index (χ1) is 39.5. The van der Waals surface area contributed by atoms with Crippen molar-refractivity contribution in [2.45, 2.75) is 303 Å². The molecule has 0 N–H and O–H groups in total. The number of hydrogen-bond acceptors (Lipinski definition) is 6. The van der Waals surface area contributed by atoms with Crippen molar-refractivity contribution >= 4 is 17.9 Å². The van der Waals surface area contributed by atoms with E-state index in [0.29, 0.717) is 19.3 Å². The van der Waals surface area contributed by atoms with Gasteiger partial charge in [-0.1, -0.05) is 302 Å². The summed E-state index contributed by atoms with van der Waals surface area (Å²) in [5.41, 5.74) is 0. The van der Waals surface area contributed by atoms with E-state index in [2.05, 4.69) is 154 Å². The molecule has 0 radical (unpaired) electrons. The van der Waals surface area contributed by atoms with Crippen LogP contribution in [0.2, 0.25) is 0 Å². The molecular formula is C74H122O6. The maximum Gasteiger partial charge on any atom is 0.306 e. The van der Waals surface area contributed by atoms with Gasteiger partial charge in [-0.25, -0.2) is 0 Å². The molecular weight excluding hydrogens is 985 g/mol. The Morgan fingerprint density at radius 3 is 0.812 bits per heavy atom. The third-order valence-electron chi connectivity index (χ3n) is 13.9. The number of ether oxygens (including phenoxy) is 3. The molecule has 1 atom stereocenters. The Balaban J connectivity index is 4.43. The zero-order valence-electron chi connectivity index (χ0n) is 52.0. The van der Waals surface area contributed by atoms with E-state index in [9.17, 15) is 14.4 Å². The van der Waals surface area contributed by atoms with Crippen LogP contribution in [-0.4, -0.2) is 37.2 Å². The standard InChI is InChI=1S/C74H122O6/c1-4-7-10-13-16-19-22-25-28-31-33-34-35-36-37-38-39-40-41-44-46-49-52-55-58-61-64-67-73(76)79-70-71(69-78-72(75)66-63-60-57-54-51-48-45-42-30-27-24-21-18-15-12-9-6-3)80-74(77)68-65-62-59-56-53-50-47-43-32-29-26-23-20-17-14-11-8-5-2/h7,9-10,12,16,18-19,21,25,27-28,30,33-34,36-37,39-40,45,48,54,57,71H,4-6,8,11,13-15,17,20,22-24,26,29,31-32,35,38,41-44,46-47,49-53,55-56,58-70H2,1-3H3/b10-7-,12-9-,19-16-,21-18-,28-25-,30-27-,34-33-,37-36-,40-39-,48-45-,57-54-. The zero-order chi connectivity index (χ0) is 57.8. The summed E-state index contributed by atoms with van der Waals surface area (Å²) in [6.45, 7) is 6.38. The van der Waals surface area contributed by atoms with E-state index < -0.39 is 6.10 Å². The largest absolute Gasteiger partial charge is 0.462 e. The van der Waals surface area contributed by atoms with Crippen LogP contribution in [0.1, 0.15) is 297 Å². The highest BCUT2D eigenvalue weighted by Crippen LogP contribution is 2.16. The molecule has 0 aromatic carbocycles. The van der Waals surface area contributed by atoms with Crippen LogP contribution >= 0.6 is 0 Å². The molecule has 0 rings (SSSR count). The molecule has 0 saturated heterocycles. The van der Waals surface area contributed by atoms with Gasteiger partial charge < -0.3 is 14.2 Å². The van der Waals surface area contributed by atoms with Crippen molar-refractivity contribution in [2.24, 2.45) is 0 Å². The lowest BCUT2D eigenvalue weighted by Crippen LogP contribution is -2.30. The second kappa shape index (κ2) is 67.1. The van der Waals surface area contributed by atoms with Gasteiger partial charge >= 0.3 is 17.9 Å². The van der Waals surface area contributed by atoms with Crippen molar-refractivity contribution in [2.75, 3.05) is 13.2 Å². The predicted octanol–water partition coefficient (Wildman–Crippen LogP) is 22.9. The normalized spacial score (nSPS) is 13.0. The Bertz CT molecular complexity index is 1700. The maximum absolute atomic E-state index is 12.9. The van der Waals surface area contributed by atoms with Crippen molar-refractivity contribution < 1.29 is 28.6 Å². The summed E-state index contributed by atoms with van der Waals surface area (Å²) in [4.78, 5) is 38.4. The zero-order valence-corrected chi connectivity index (χ0v) is 52.0. The minimum atomic E-state index is -0.809. The van der Waals surface area contributed by atoms with E-state index in [4.69, 9.17) is 14.2 Å². The van der Waals surface area contributed by atoms with Crippen LogP contribution < -0.4 is 0 Å². The predicted molar refractivity (Wildman–Crippen MR) is 348 cm³/mol. The first-order valence-corrected chi connectivity index (χ1v) is 33.2. The van der Waals surface area contributed by atoms with E-state index in [1.165, 1.54) is 128 Å². The Morgan fingerprint density at radius 1 is 0.263 bits per heavy atom. The molecule has 0 aromatic rings. The van der Waals surface area contributed by atoms with Crippen LogP contribution in [0, 0.1) is 0 Å². The smallest absolute Gasteiger partial charge is 0.306 e. The summed E-state index contributed by atoms with van der Waals surface area (Å²) in [6.07, 6.45) is 94.6. The van der Waals surface area contributed by atoms with Gasteiger partial charge in [0.15, 0.2) is 6.10 Å². The van der Waals surface area contributed by atoms with Gasteiger partial charge in [0.1, 0.15) is 13.2 Å². The summed E-state index contributed by atoms with van der Waals surface area (Å²) < 4.78 is 16.9. The Labute approximate surface area is 494 Å². The van der Waals surface area contributed by atoms with Crippen molar-refractivity contribution in [1.82, 2.24) is 0 Å². The number of unbranched alkanes of at least 4 members (excludes halogenated alkanes) is 26. The van der Waals surface area contributed by atoms with E-state index in [1.54, 1.807) is 0 Å². The minimum absolute atomic E-state index is 0.102. The van der Waals surface area contributed by atoms with Gasteiger partial charge in [0.05, 0.1) is 0 Å². The van der Waals surface area contributed by atoms with E-state index in [1.807, 2.05) is 0 Å². The number of esters is 3. The average Bonchev–Trinajstić information content (AvgIpc) is 3.46. The maximum atomic E-state index is 12.9. The van der Waals surface area contributed by atoms with E-state index in [-0.39, 0.29) is 37.5 Å². The molecule has 6 nitrogen and oxygen atoms in total. The average molecular weight is 1110 g/mol. The van der Waals surface area contributed by atoms with Crippen molar-refractivity contribution in [3.8, 4) is 0 Å². The fraction of sp³-hybridized carbons (Fsp3) is 0.662. The summed E-state index contributed by atoms with van der Waals surface area (Å²) >= 11 is 0. The molecule has 6 heteroatoms. The lowest BCUT2D eigenvalue weighted by molar-refractivity contribution is -0.167. The molecule has 0 spiro atoms. The van der Waals surface area contributed by atoms with E-state index >= 15 is 0 Å². The van der Waals surface area contributed by atoms with Crippen LogP contribution in [0.4, 0.5) is 0 Å². The highest BCUT2D eigenvalue weighted by Gasteiger charge is 2.19. The number of hydrogen-bond donors (Lipinski definition) is 0. The topological polar surface area (TPSA) is 78.9 Å². The second-order valence-electron chi connectivity index (χ2n) is 21.6. The molecule has 0 amide bonds. The molecule has 0 aliphatic carbocycles. The Kier molecular flexibility index (Phi) is 63.3. The summed E-state index contributed by atoms with van der Waals surface area (Å²) in [5.74, 6) is -0.962. The molecule has 0 heterocycles. The Hall–Kier alpha value is -4.45. The fourth-order valence-electron chi connectivity index (χ4n) is 9.01. The summed E-state index contributed by atoms with van der Waals surface area (Å²) in [5, 5.41) is 0. The molecule has 0 saturated carbocycles. The van der Waals surface area contributed by atoms with Gasteiger partial charge in [-0.15, -0.1) is 0 Å². The number of carbonyl (C=O) groups is 3. The first-order valence-electron chi connectivity index (χ1n) is 33.2. The minimum Gasteiger partial charge on any atom is -0.462 e. The highest BCUT2D eigenvalue weighted by atomic mass is 16.6. The first kappa shape index (κ1) is 75.5. The summed E-state index contributed by atoms with van der Waals surface area (Å²) in [6, 6.07) is 0. The number of rotatable bonds is 59. The molecule has 0 aromatic heterocycles. The van der Waals surface area contributed by atoms with Gasteiger partial charge in [0, 0.05) is 19.3 Å². The van der Waals surface area contributed by atoms with Crippen molar-refractivity contribution in [3.05, 3.63) is 134 Å². The van der Waals surface area contributed by atoms with Crippen molar-refractivity contribution in [3.63, 3.8) is 0 Å². The van der Waals surface area contributed by atoms with Gasteiger partial charge in [0.2, 0.25) is 0 Å². The van der Waals surface area contributed by atoms with Crippen LogP contribution in [0.15, 0.2) is 134 Å². The van der Waals surface area contributed by atoms with Crippen LogP contribution in [0.5, 0.6) is 0 Å².